The molecule has 44 valence electrons. The lowest BCUT2D eigenvalue weighted by molar-refractivity contribution is -0.180. The number of rotatable bonds is 0. The molecule has 0 saturated carbocycles. The first-order valence-electron chi connectivity index (χ1n) is 2.01. The summed E-state index contributed by atoms with van der Waals surface area (Å²) < 4.78 is 0. The van der Waals surface area contributed by atoms with Crippen molar-refractivity contribution >= 4 is 5.91 Å². The molecule has 0 unspecified atom stereocenters. The van der Waals surface area contributed by atoms with Crippen LogP contribution in [0.15, 0.2) is 12.3 Å². The molecule has 0 radical (unpaired) electrons. The average Bonchev–Trinajstić information content (AvgIpc) is 1.64. The molecule has 0 aromatic rings. The molecule has 1 aliphatic rings. The van der Waals surface area contributed by atoms with Crippen LogP contribution in [0.4, 0.5) is 0 Å². The number of nitrogens with one attached hydrogen (secondary N) is 2. The molecule has 0 aromatic carbocycles. The van der Waals surface area contributed by atoms with Crippen LogP contribution in [0.2, 0.25) is 0 Å². The first kappa shape index (κ1) is 5.07. The van der Waals surface area contributed by atoms with Crippen LogP contribution in [0, 0.1) is 0 Å². The van der Waals surface area contributed by atoms with Crippen molar-refractivity contribution in [3.05, 3.63) is 12.3 Å². The zero-order chi connectivity index (χ0) is 5.98. The van der Waals surface area contributed by atoms with Gasteiger partial charge in [0.1, 0.15) is 0 Å². The summed E-state index contributed by atoms with van der Waals surface area (Å²) in [7, 11) is 0. The van der Waals surface area contributed by atoms with Gasteiger partial charge in [0.15, 0.2) is 0 Å². The van der Waals surface area contributed by atoms with E-state index in [1.165, 1.54) is 12.3 Å². The Balaban J connectivity index is 2.54. The monoisotopic (exact) mass is 115 g/mol. The van der Waals surface area contributed by atoms with Crippen molar-refractivity contribution in [2.24, 2.45) is 0 Å². The number of hydrogen-bond acceptors (Lipinski definition) is 4. The molecule has 5 nitrogen and oxygen atoms in total. The van der Waals surface area contributed by atoms with Gasteiger partial charge in [0.2, 0.25) is 0 Å². The highest BCUT2D eigenvalue weighted by molar-refractivity contribution is 5.87. The first-order valence-corrected chi connectivity index (χ1v) is 2.01. The van der Waals surface area contributed by atoms with E-state index >= 15 is 0 Å². The van der Waals surface area contributed by atoms with Crippen LogP contribution in [0.3, 0.4) is 0 Å². The Hall–Kier alpha value is -1.07. The minimum atomic E-state index is -0.355. The molecular weight excluding hydrogens is 110 g/mol. The number of carbonyl (C=O) groups is 1. The average molecular weight is 115 g/mol. The molecule has 1 rings (SSSR count). The number of nitrogens with zero attached hydrogens (tertiary/aromatic N) is 1. The fourth-order valence-electron chi connectivity index (χ4n) is 0.357. The van der Waals surface area contributed by atoms with Gasteiger partial charge in [-0.1, -0.05) is 0 Å². The lowest BCUT2D eigenvalue weighted by Crippen LogP contribution is -2.48. The maximum atomic E-state index is 10.2. The third-order valence-corrected chi connectivity index (χ3v) is 0.648. The molecular formula is C3H5N3O2. The van der Waals surface area contributed by atoms with Gasteiger partial charge in [0.05, 0.1) is 0 Å². The van der Waals surface area contributed by atoms with Crippen molar-refractivity contribution in [3.63, 3.8) is 0 Å². The van der Waals surface area contributed by atoms with Crippen molar-refractivity contribution in [1.82, 2.24) is 16.1 Å². The fourth-order valence-corrected chi connectivity index (χ4v) is 0.357. The van der Waals surface area contributed by atoms with Crippen molar-refractivity contribution in [1.29, 1.82) is 0 Å². The number of carbonyl (C=O) groups excluding carboxylic acids is 1. The number of hydrogen-bond donors (Lipinski definition) is 3. The maximum absolute atomic E-state index is 10.2. The van der Waals surface area contributed by atoms with E-state index in [1.54, 1.807) is 0 Å². The van der Waals surface area contributed by atoms with Gasteiger partial charge in [-0.2, -0.15) is 0 Å². The second kappa shape index (κ2) is 1.81. The van der Waals surface area contributed by atoms with Gasteiger partial charge in [-0.25, -0.2) is 5.43 Å². The molecule has 0 spiro atoms. The van der Waals surface area contributed by atoms with Gasteiger partial charge in [-0.3, -0.25) is 15.4 Å². The van der Waals surface area contributed by atoms with Crippen LogP contribution in [0.25, 0.3) is 0 Å². The Morgan fingerprint density at radius 3 is 2.88 bits per heavy atom. The van der Waals surface area contributed by atoms with E-state index < -0.39 is 0 Å². The summed E-state index contributed by atoms with van der Waals surface area (Å²) in [4.78, 5) is 10.2. The van der Waals surface area contributed by atoms with Crippen LogP contribution in [-0.4, -0.2) is 16.4 Å². The highest BCUT2D eigenvalue weighted by atomic mass is 16.6. The van der Waals surface area contributed by atoms with Gasteiger partial charge in [0.25, 0.3) is 5.91 Å². The Bertz CT molecular complexity index is 132. The first-order chi connectivity index (χ1) is 3.79. The van der Waals surface area contributed by atoms with Gasteiger partial charge in [-0.15, -0.1) is 0 Å². The van der Waals surface area contributed by atoms with Gasteiger partial charge in [0, 0.05) is 12.3 Å². The molecule has 0 fully saturated rings. The van der Waals surface area contributed by atoms with E-state index in [4.69, 9.17) is 5.21 Å². The SMILES string of the molecule is O=C1C=CNN(O)N1. The van der Waals surface area contributed by atoms with Crippen molar-refractivity contribution in [3.8, 4) is 0 Å². The van der Waals surface area contributed by atoms with Crippen molar-refractivity contribution in [2.75, 3.05) is 0 Å². The zero-order valence-electron chi connectivity index (χ0n) is 3.96. The summed E-state index contributed by atoms with van der Waals surface area (Å²) in [5.74, 6) is -0.355. The highest BCUT2D eigenvalue weighted by Gasteiger charge is 2.04. The van der Waals surface area contributed by atoms with Crippen LogP contribution >= 0.6 is 0 Å². The minimum Gasteiger partial charge on any atom is -0.285 e. The normalized spacial score (nSPS) is 19.9. The fraction of sp³-hybridized carbons (Fsp3) is 0. The molecule has 0 aliphatic carbocycles. The predicted octanol–water partition coefficient (Wildman–Crippen LogP) is -1.26. The van der Waals surface area contributed by atoms with Crippen LogP contribution in [0.5, 0.6) is 0 Å². The summed E-state index contributed by atoms with van der Waals surface area (Å²) in [5.41, 5.74) is 4.32. The van der Waals surface area contributed by atoms with Crippen LogP contribution in [0.1, 0.15) is 0 Å². The lowest BCUT2D eigenvalue weighted by Gasteiger charge is -2.16. The standard InChI is InChI=1S/C3H5N3O2/c7-3-1-2-4-6(8)5-3/h1-2,4,8H,(H,5,7). The van der Waals surface area contributed by atoms with E-state index in [0.29, 0.717) is 5.28 Å². The summed E-state index contributed by atoms with van der Waals surface area (Å²) >= 11 is 0. The third kappa shape index (κ3) is 0.955. The molecule has 1 amide bonds. The largest absolute Gasteiger partial charge is 0.285 e. The molecule has 8 heavy (non-hydrogen) atoms. The zero-order valence-corrected chi connectivity index (χ0v) is 3.96. The highest BCUT2D eigenvalue weighted by Crippen LogP contribution is 1.78. The van der Waals surface area contributed by atoms with E-state index in [2.05, 4.69) is 5.43 Å². The third-order valence-electron chi connectivity index (χ3n) is 0.648. The van der Waals surface area contributed by atoms with Crippen molar-refractivity contribution < 1.29 is 10.0 Å². The molecule has 3 N–H and O–H groups in total. The van der Waals surface area contributed by atoms with Crippen LogP contribution in [-0.2, 0) is 4.79 Å². The molecule has 0 atom stereocenters. The summed E-state index contributed by atoms with van der Waals surface area (Å²) in [6.45, 7) is 0. The second-order valence-electron chi connectivity index (χ2n) is 1.25. The molecule has 1 aliphatic heterocycles. The molecule has 0 saturated heterocycles. The minimum absolute atomic E-state index is 0.355. The molecule has 0 aromatic heterocycles. The predicted molar refractivity (Wildman–Crippen MR) is 24.0 cm³/mol. The molecule has 1 heterocycles. The summed E-state index contributed by atoms with van der Waals surface area (Å²) in [6.07, 6.45) is 2.57. The smallest absolute Gasteiger partial charge is 0.263 e. The number of hydrazine groups is 2. The van der Waals surface area contributed by atoms with Gasteiger partial charge in [-0.05, 0) is 5.28 Å². The van der Waals surface area contributed by atoms with E-state index in [0.717, 1.165) is 0 Å². The van der Waals surface area contributed by atoms with Gasteiger partial charge >= 0.3 is 0 Å². The molecule has 5 heteroatoms. The topological polar surface area (TPSA) is 64.6 Å². The summed E-state index contributed by atoms with van der Waals surface area (Å²) in [6, 6.07) is 0. The van der Waals surface area contributed by atoms with Crippen molar-refractivity contribution in [2.45, 2.75) is 0 Å². The number of amides is 1. The van der Waals surface area contributed by atoms with Crippen LogP contribution < -0.4 is 10.9 Å². The molecule has 0 bridgehead atoms. The second-order valence-corrected chi connectivity index (χ2v) is 1.25. The van der Waals surface area contributed by atoms with E-state index in [9.17, 15) is 4.79 Å². The van der Waals surface area contributed by atoms with E-state index in [1.807, 2.05) is 5.43 Å². The Labute approximate surface area is 45.5 Å². The lowest BCUT2D eigenvalue weighted by atomic mass is 10.6. The Morgan fingerprint density at radius 2 is 2.50 bits per heavy atom. The van der Waals surface area contributed by atoms with Gasteiger partial charge < -0.3 is 0 Å². The maximum Gasteiger partial charge on any atom is 0.263 e. The summed E-state index contributed by atoms with van der Waals surface area (Å²) in [5, 5.41) is 8.89. The Morgan fingerprint density at radius 1 is 1.75 bits per heavy atom. The quantitative estimate of drug-likeness (QED) is 0.368. The van der Waals surface area contributed by atoms with E-state index in [-0.39, 0.29) is 5.91 Å². The Kier molecular flexibility index (Phi) is 1.15.